The van der Waals surface area contributed by atoms with Gasteiger partial charge in [0.2, 0.25) is 8.03 Å². The fourth-order valence-electron chi connectivity index (χ4n) is 0.343. The molecule has 0 radical (unpaired) electrons. The van der Waals surface area contributed by atoms with E-state index in [9.17, 15) is 9.36 Å². The Balaban J connectivity index is 3.88. The van der Waals surface area contributed by atoms with Crippen molar-refractivity contribution in [1.82, 2.24) is 0 Å². The second-order valence-electron chi connectivity index (χ2n) is 1.86. The Morgan fingerprint density at radius 1 is 1.67 bits per heavy atom. The van der Waals surface area contributed by atoms with Crippen LogP contribution in [-0.4, -0.2) is 18.6 Å². The fraction of sp³-hybridized carbons (Fsp3) is 0.800. The molecule has 3 nitrogen and oxygen atoms in total. The summed E-state index contributed by atoms with van der Waals surface area (Å²) in [6.07, 6.45) is 0. The van der Waals surface area contributed by atoms with Gasteiger partial charge in [-0.15, -0.1) is 0 Å². The Morgan fingerprint density at radius 2 is 2.11 bits per heavy atom. The van der Waals surface area contributed by atoms with Gasteiger partial charge in [0.1, 0.15) is 5.78 Å². The van der Waals surface area contributed by atoms with Gasteiger partial charge in [0.15, 0.2) is 0 Å². The van der Waals surface area contributed by atoms with Crippen LogP contribution < -0.4 is 0 Å². The zero-order valence-corrected chi connectivity index (χ0v) is 6.80. The summed E-state index contributed by atoms with van der Waals surface area (Å²) in [5, 5.41) is 0. The van der Waals surface area contributed by atoms with Crippen LogP contribution in [0.1, 0.15) is 13.8 Å². The maximum absolute atomic E-state index is 10.7. The molecule has 0 aliphatic carbocycles. The van der Waals surface area contributed by atoms with Crippen molar-refractivity contribution in [3.05, 3.63) is 0 Å². The van der Waals surface area contributed by atoms with Crippen molar-refractivity contribution in [1.29, 1.82) is 0 Å². The monoisotopic (exact) mass is 150 g/mol. The van der Waals surface area contributed by atoms with Gasteiger partial charge in [0.05, 0.1) is 5.66 Å². The van der Waals surface area contributed by atoms with Gasteiger partial charge in [-0.2, -0.15) is 0 Å². The van der Waals surface area contributed by atoms with Gasteiger partial charge in [-0.05, 0) is 13.8 Å². The van der Waals surface area contributed by atoms with Crippen LogP contribution in [-0.2, 0) is 13.9 Å². The number of hydrogen-bond donors (Lipinski definition) is 0. The predicted octanol–water partition coefficient (Wildman–Crippen LogP) is 1.08. The topological polar surface area (TPSA) is 43.4 Å². The quantitative estimate of drug-likeness (QED) is 0.565. The van der Waals surface area contributed by atoms with Gasteiger partial charge in [-0.1, -0.05) is 0 Å². The molecule has 0 aromatic rings. The molecule has 2 unspecified atom stereocenters. The molecule has 0 N–H and O–H groups in total. The minimum atomic E-state index is -2.11. The average Bonchev–Trinajstić information content (AvgIpc) is 1.84. The minimum absolute atomic E-state index is 0.0826. The Morgan fingerprint density at radius 3 is 2.22 bits per heavy atom. The van der Waals surface area contributed by atoms with E-state index in [-0.39, 0.29) is 5.78 Å². The first kappa shape index (κ1) is 8.86. The molecule has 0 saturated carbocycles. The van der Waals surface area contributed by atoms with Crippen LogP contribution in [0.4, 0.5) is 0 Å². The summed E-state index contributed by atoms with van der Waals surface area (Å²) >= 11 is 0. The van der Waals surface area contributed by atoms with Crippen molar-refractivity contribution in [2.45, 2.75) is 19.5 Å². The minimum Gasteiger partial charge on any atom is -0.333 e. The van der Waals surface area contributed by atoms with E-state index in [0.29, 0.717) is 0 Å². The predicted molar refractivity (Wildman–Crippen MR) is 36.2 cm³/mol. The first-order chi connectivity index (χ1) is 4.09. The van der Waals surface area contributed by atoms with Crippen LogP contribution in [0.25, 0.3) is 0 Å². The summed E-state index contributed by atoms with van der Waals surface area (Å²) in [6, 6.07) is 0. The van der Waals surface area contributed by atoms with Gasteiger partial charge in [-0.25, -0.2) is 0 Å². The van der Waals surface area contributed by atoms with E-state index in [1.807, 2.05) is 0 Å². The molecule has 4 heteroatoms. The van der Waals surface area contributed by atoms with E-state index >= 15 is 0 Å². The number of hydrogen-bond acceptors (Lipinski definition) is 3. The lowest BCUT2D eigenvalue weighted by molar-refractivity contribution is -0.116. The third-order valence-corrected chi connectivity index (χ3v) is 2.68. The maximum Gasteiger partial charge on any atom is 0.201 e. The Bertz CT molecular complexity index is 132. The molecule has 0 fully saturated rings. The number of rotatable bonds is 3. The van der Waals surface area contributed by atoms with Gasteiger partial charge in [0, 0.05) is 7.11 Å². The smallest absolute Gasteiger partial charge is 0.201 e. The first-order valence-electron chi connectivity index (χ1n) is 2.68. The highest BCUT2D eigenvalue weighted by Crippen LogP contribution is 2.27. The van der Waals surface area contributed by atoms with Crippen LogP contribution in [0.15, 0.2) is 0 Å². The Hall–Kier alpha value is -0.140. The second kappa shape index (κ2) is 3.80. The summed E-state index contributed by atoms with van der Waals surface area (Å²) in [5.74, 6) is -0.0826. The number of Topliss-reactive ketones (excluding diaryl/α,β-unsaturated/α-hetero) is 1. The SMILES string of the molecule is CO[PH](=O)C(C)C(C)=O. The lowest BCUT2D eigenvalue weighted by atomic mass is 10.3. The van der Waals surface area contributed by atoms with Crippen molar-refractivity contribution < 1.29 is 13.9 Å². The van der Waals surface area contributed by atoms with Gasteiger partial charge in [-0.3, -0.25) is 9.36 Å². The highest BCUT2D eigenvalue weighted by Gasteiger charge is 2.13. The van der Waals surface area contributed by atoms with Crippen molar-refractivity contribution in [2.75, 3.05) is 7.11 Å². The van der Waals surface area contributed by atoms with E-state index in [2.05, 4.69) is 4.52 Å². The third-order valence-electron chi connectivity index (χ3n) is 1.16. The molecule has 0 bridgehead atoms. The molecule has 54 valence electrons. The normalized spacial score (nSPS) is 16.8. The summed E-state index contributed by atoms with van der Waals surface area (Å²) in [5.41, 5.74) is -0.431. The maximum atomic E-state index is 10.7. The molecule has 2 atom stereocenters. The van der Waals surface area contributed by atoms with Crippen molar-refractivity contribution in [3.63, 3.8) is 0 Å². The molecule has 0 heterocycles. The lowest BCUT2D eigenvalue weighted by Gasteiger charge is -2.03. The number of carbonyl (C=O) groups is 1. The summed E-state index contributed by atoms with van der Waals surface area (Å²) in [6.45, 7) is 3.01. The summed E-state index contributed by atoms with van der Waals surface area (Å²) in [4.78, 5) is 10.5. The van der Waals surface area contributed by atoms with Crippen molar-refractivity contribution in [2.24, 2.45) is 0 Å². The molecule has 0 amide bonds. The molecule has 9 heavy (non-hydrogen) atoms. The Labute approximate surface area is 55.3 Å². The van der Waals surface area contributed by atoms with E-state index in [1.165, 1.54) is 14.0 Å². The van der Waals surface area contributed by atoms with E-state index in [1.54, 1.807) is 6.92 Å². The average molecular weight is 150 g/mol. The van der Waals surface area contributed by atoms with Gasteiger partial charge < -0.3 is 4.52 Å². The molecular formula is C5H11O3P. The number of ketones is 1. The van der Waals surface area contributed by atoms with Crippen LogP contribution in [0.3, 0.4) is 0 Å². The third kappa shape index (κ3) is 2.78. The molecule has 0 aromatic carbocycles. The first-order valence-corrected chi connectivity index (χ1v) is 4.07. The second-order valence-corrected chi connectivity index (χ2v) is 3.77. The fourth-order valence-corrected chi connectivity index (χ4v) is 1.03. The molecule has 0 aromatic heterocycles. The van der Waals surface area contributed by atoms with Gasteiger partial charge >= 0.3 is 0 Å². The summed E-state index contributed by atoms with van der Waals surface area (Å²) in [7, 11) is -0.758. The van der Waals surface area contributed by atoms with E-state index < -0.39 is 13.7 Å². The molecule has 0 spiro atoms. The zero-order chi connectivity index (χ0) is 7.44. The van der Waals surface area contributed by atoms with Crippen LogP contribution in [0, 0.1) is 0 Å². The molecular weight excluding hydrogens is 139 g/mol. The van der Waals surface area contributed by atoms with Crippen LogP contribution in [0.5, 0.6) is 0 Å². The molecule has 0 rings (SSSR count). The van der Waals surface area contributed by atoms with E-state index in [0.717, 1.165) is 0 Å². The standard InChI is InChI=1S/C5H11O3P/c1-4(6)5(2)9(7)8-3/h5,9H,1-3H3. The highest BCUT2D eigenvalue weighted by atomic mass is 31.1. The van der Waals surface area contributed by atoms with Crippen LogP contribution in [0.2, 0.25) is 0 Å². The van der Waals surface area contributed by atoms with Crippen molar-refractivity contribution in [3.8, 4) is 0 Å². The van der Waals surface area contributed by atoms with Gasteiger partial charge in [0.25, 0.3) is 0 Å². The summed E-state index contributed by atoms with van der Waals surface area (Å²) < 4.78 is 15.2. The highest BCUT2D eigenvalue weighted by molar-refractivity contribution is 7.41. The Kier molecular flexibility index (Phi) is 3.75. The van der Waals surface area contributed by atoms with Crippen molar-refractivity contribution >= 4 is 13.8 Å². The molecule has 0 aliphatic rings. The molecule has 0 saturated heterocycles. The van der Waals surface area contributed by atoms with E-state index in [4.69, 9.17) is 0 Å². The lowest BCUT2D eigenvalue weighted by Crippen LogP contribution is -2.07. The van der Waals surface area contributed by atoms with Crippen LogP contribution >= 0.6 is 8.03 Å². The number of carbonyl (C=O) groups excluding carboxylic acids is 1. The molecule has 0 aliphatic heterocycles. The largest absolute Gasteiger partial charge is 0.333 e. The zero-order valence-electron chi connectivity index (χ0n) is 5.80.